The molecule has 0 unspecified atom stereocenters. The number of hydrogen-bond donors (Lipinski definition) is 0. The van der Waals surface area contributed by atoms with Crippen molar-refractivity contribution in [1.82, 2.24) is 25.0 Å². The summed E-state index contributed by atoms with van der Waals surface area (Å²) in [7, 11) is 0. The van der Waals surface area contributed by atoms with Crippen LogP contribution in [0, 0.1) is 0 Å². The number of rotatable bonds is 6. The number of para-hydroxylation sites is 1. The molecule has 4 heterocycles. The molecule has 1 aliphatic rings. The highest BCUT2D eigenvalue weighted by molar-refractivity contribution is 7.99. The van der Waals surface area contributed by atoms with Crippen LogP contribution in [-0.4, -0.2) is 38.1 Å². The van der Waals surface area contributed by atoms with Gasteiger partial charge >= 0.3 is 0 Å². The van der Waals surface area contributed by atoms with Crippen LogP contribution in [0.4, 0.5) is 5.95 Å². The fourth-order valence-electron chi connectivity index (χ4n) is 3.55. The van der Waals surface area contributed by atoms with Crippen molar-refractivity contribution in [3.63, 3.8) is 0 Å². The summed E-state index contributed by atoms with van der Waals surface area (Å²) < 4.78 is 8.07. The summed E-state index contributed by atoms with van der Waals surface area (Å²) >= 11 is 3.17. The van der Waals surface area contributed by atoms with Gasteiger partial charge in [0.15, 0.2) is 5.16 Å². The lowest BCUT2D eigenvalue weighted by Crippen LogP contribution is -2.31. The first-order chi connectivity index (χ1) is 14.8. The molecule has 4 aromatic rings. The Morgan fingerprint density at radius 3 is 2.57 bits per heavy atom. The molecule has 154 valence electrons. The van der Waals surface area contributed by atoms with E-state index in [1.54, 1.807) is 23.1 Å². The van der Waals surface area contributed by atoms with Crippen LogP contribution in [-0.2, 0) is 0 Å². The van der Waals surface area contributed by atoms with Crippen molar-refractivity contribution in [2.24, 2.45) is 0 Å². The van der Waals surface area contributed by atoms with E-state index in [-0.39, 0.29) is 5.25 Å². The van der Waals surface area contributed by atoms with Gasteiger partial charge in [-0.3, -0.25) is 4.57 Å². The van der Waals surface area contributed by atoms with E-state index in [9.17, 15) is 0 Å². The smallest absolute Gasteiger partial charge is 0.257 e. The molecule has 7 nitrogen and oxygen atoms in total. The molecule has 0 aliphatic carbocycles. The van der Waals surface area contributed by atoms with Crippen molar-refractivity contribution in [2.45, 2.75) is 36.6 Å². The lowest BCUT2D eigenvalue weighted by molar-refractivity contribution is 0.510. The quantitative estimate of drug-likeness (QED) is 0.382. The molecule has 1 aliphatic heterocycles. The predicted octanol–water partition coefficient (Wildman–Crippen LogP) is 5.22. The Kier molecular flexibility index (Phi) is 5.54. The second kappa shape index (κ2) is 8.61. The Bertz CT molecular complexity index is 1090. The maximum absolute atomic E-state index is 5.93. The van der Waals surface area contributed by atoms with Gasteiger partial charge in [-0.05, 0) is 49.8 Å². The minimum Gasteiger partial charge on any atom is -0.419 e. The van der Waals surface area contributed by atoms with E-state index >= 15 is 0 Å². The second-order valence-corrected chi connectivity index (χ2v) is 9.44. The fourth-order valence-corrected chi connectivity index (χ4v) is 5.08. The third kappa shape index (κ3) is 3.87. The zero-order chi connectivity index (χ0) is 20.3. The van der Waals surface area contributed by atoms with Crippen LogP contribution in [0.1, 0.15) is 37.3 Å². The minimum absolute atomic E-state index is 0.0490. The Labute approximate surface area is 183 Å². The van der Waals surface area contributed by atoms with Crippen molar-refractivity contribution in [1.29, 1.82) is 0 Å². The highest BCUT2D eigenvalue weighted by atomic mass is 32.2. The lowest BCUT2D eigenvalue weighted by Gasteiger charge is -2.27. The van der Waals surface area contributed by atoms with Gasteiger partial charge in [-0.25, -0.2) is 0 Å². The van der Waals surface area contributed by atoms with Crippen molar-refractivity contribution >= 4 is 29.0 Å². The standard InChI is InChI=1S/C21H22N6OS2/c1-15(18-22-23-19(28-18)17-11-8-14-29-17)30-21-25-24-20(26-12-6-3-7-13-26)27(21)16-9-4-2-5-10-16/h2,4-5,8-11,14-15H,3,6-7,12-13H2,1H3/t15-/m1/s1. The van der Waals surface area contributed by atoms with Crippen LogP contribution >= 0.6 is 23.1 Å². The molecule has 30 heavy (non-hydrogen) atoms. The summed E-state index contributed by atoms with van der Waals surface area (Å²) in [6.45, 7) is 4.08. The van der Waals surface area contributed by atoms with Gasteiger partial charge in [0.2, 0.25) is 11.8 Å². The molecule has 1 saturated heterocycles. The van der Waals surface area contributed by atoms with Gasteiger partial charge in [-0.2, -0.15) is 0 Å². The summed E-state index contributed by atoms with van der Waals surface area (Å²) in [5, 5.41) is 20.4. The van der Waals surface area contributed by atoms with Gasteiger partial charge in [0, 0.05) is 13.1 Å². The van der Waals surface area contributed by atoms with E-state index in [2.05, 4.69) is 48.9 Å². The number of thioether (sulfide) groups is 1. The predicted molar refractivity (Wildman–Crippen MR) is 119 cm³/mol. The number of piperidine rings is 1. The van der Waals surface area contributed by atoms with Crippen LogP contribution in [0.2, 0.25) is 0 Å². The van der Waals surface area contributed by atoms with Crippen LogP contribution in [0.5, 0.6) is 0 Å². The van der Waals surface area contributed by atoms with Crippen molar-refractivity contribution in [2.75, 3.05) is 18.0 Å². The maximum atomic E-state index is 5.93. The summed E-state index contributed by atoms with van der Waals surface area (Å²) in [5.74, 6) is 2.05. The maximum Gasteiger partial charge on any atom is 0.257 e. The first-order valence-electron chi connectivity index (χ1n) is 10.1. The van der Waals surface area contributed by atoms with Crippen LogP contribution in [0.15, 0.2) is 57.4 Å². The first kappa shape index (κ1) is 19.3. The number of thiophene rings is 1. The molecule has 1 atom stereocenters. The normalized spacial score (nSPS) is 15.4. The Balaban J connectivity index is 1.44. The summed E-state index contributed by atoms with van der Waals surface area (Å²) in [6, 6.07) is 14.2. The Morgan fingerprint density at radius 1 is 0.967 bits per heavy atom. The van der Waals surface area contributed by atoms with Gasteiger partial charge in [0.05, 0.1) is 15.8 Å². The van der Waals surface area contributed by atoms with Gasteiger partial charge in [-0.15, -0.1) is 31.7 Å². The number of nitrogens with zero attached hydrogens (tertiary/aromatic N) is 6. The molecule has 0 radical (unpaired) electrons. The molecule has 0 bridgehead atoms. The number of benzene rings is 1. The highest BCUT2D eigenvalue weighted by Crippen LogP contribution is 2.37. The molecule has 0 amide bonds. The number of hydrogen-bond acceptors (Lipinski definition) is 8. The second-order valence-electron chi connectivity index (χ2n) is 7.18. The van der Waals surface area contributed by atoms with E-state index in [4.69, 9.17) is 4.42 Å². The minimum atomic E-state index is -0.0490. The molecule has 0 spiro atoms. The van der Waals surface area contributed by atoms with E-state index < -0.39 is 0 Å². The molecule has 0 N–H and O–H groups in total. The van der Waals surface area contributed by atoms with Gasteiger partial charge in [-0.1, -0.05) is 36.0 Å². The van der Waals surface area contributed by atoms with Gasteiger partial charge in [0.1, 0.15) is 0 Å². The van der Waals surface area contributed by atoms with E-state index in [0.29, 0.717) is 11.8 Å². The van der Waals surface area contributed by atoms with Crippen LogP contribution in [0.25, 0.3) is 16.5 Å². The average Bonchev–Trinajstić information content (AvgIpc) is 3.55. The van der Waals surface area contributed by atoms with E-state index in [1.807, 2.05) is 35.7 Å². The third-order valence-corrected chi connectivity index (χ3v) is 6.96. The zero-order valence-corrected chi connectivity index (χ0v) is 18.3. The first-order valence-corrected chi connectivity index (χ1v) is 11.9. The molecule has 3 aromatic heterocycles. The van der Waals surface area contributed by atoms with Crippen molar-refractivity contribution in [3.8, 4) is 16.5 Å². The third-order valence-electron chi connectivity index (χ3n) is 5.07. The summed E-state index contributed by atoms with van der Waals surface area (Å²) in [6.07, 6.45) is 3.65. The molecular formula is C21H22N6OS2. The van der Waals surface area contributed by atoms with Crippen molar-refractivity contribution < 1.29 is 4.42 Å². The monoisotopic (exact) mass is 438 g/mol. The number of anilines is 1. The number of aromatic nitrogens is 5. The largest absolute Gasteiger partial charge is 0.419 e. The van der Waals surface area contributed by atoms with Crippen LogP contribution in [0.3, 0.4) is 0 Å². The molecule has 1 aromatic carbocycles. The molecule has 0 saturated carbocycles. The van der Waals surface area contributed by atoms with Gasteiger partial charge < -0.3 is 9.32 Å². The summed E-state index contributed by atoms with van der Waals surface area (Å²) in [5.41, 5.74) is 1.06. The summed E-state index contributed by atoms with van der Waals surface area (Å²) in [4.78, 5) is 3.31. The van der Waals surface area contributed by atoms with E-state index in [1.165, 1.54) is 19.3 Å². The Hall–Kier alpha value is -2.65. The lowest BCUT2D eigenvalue weighted by atomic mass is 10.1. The fraction of sp³-hybridized carbons (Fsp3) is 0.333. The topological polar surface area (TPSA) is 72.9 Å². The highest BCUT2D eigenvalue weighted by Gasteiger charge is 2.25. The molecule has 1 fully saturated rings. The molecular weight excluding hydrogens is 416 g/mol. The van der Waals surface area contributed by atoms with Gasteiger partial charge in [0.25, 0.3) is 5.89 Å². The SMILES string of the molecule is C[C@@H](Sc1nnc(N2CCCCC2)n1-c1ccccc1)c1nnc(-c2cccs2)o1. The molecule has 9 heteroatoms. The van der Waals surface area contributed by atoms with Crippen molar-refractivity contribution in [3.05, 3.63) is 53.7 Å². The molecule has 5 rings (SSSR count). The Morgan fingerprint density at radius 2 is 1.80 bits per heavy atom. The van der Waals surface area contributed by atoms with Crippen LogP contribution < -0.4 is 4.90 Å². The zero-order valence-electron chi connectivity index (χ0n) is 16.6. The van der Waals surface area contributed by atoms with E-state index in [0.717, 1.165) is 34.8 Å². The average molecular weight is 439 g/mol.